The van der Waals surface area contributed by atoms with Crippen LogP contribution in [0.15, 0.2) is 235 Å². The first-order valence-corrected chi connectivity index (χ1v) is 22.4. The van der Waals surface area contributed by atoms with E-state index in [4.69, 9.17) is 14.4 Å². The molecule has 0 fully saturated rings. The van der Waals surface area contributed by atoms with Gasteiger partial charge in [0.25, 0.3) is 0 Å². The van der Waals surface area contributed by atoms with Crippen molar-refractivity contribution in [3.63, 3.8) is 0 Å². The van der Waals surface area contributed by atoms with Crippen molar-refractivity contribution in [1.82, 2.24) is 29.3 Å². The number of nitrogens with zero attached hydrogens (tertiary/aromatic N) is 6. The highest BCUT2D eigenvalue weighted by Crippen LogP contribution is 2.39. The Bertz CT molecular complexity index is 3590. The molecule has 0 bridgehead atoms. The SMILES string of the molecule is c1ccc(-c2cc(-c3ccccc3)nc(-n3c4ccccc4c4ccc(-c5nnc(-c6ccc7c8ccccc8n(-c8cc(-c9ccccc9)cc(-c9ccccc9)n8)c7c6)o5)cc43)c2)cc1. The molecule has 13 rings (SSSR count). The maximum Gasteiger partial charge on any atom is 0.248 e. The van der Waals surface area contributed by atoms with Gasteiger partial charge in [0.2, 0.25) is 11.8 Å². The van der Waals surface area contributed by atoms with Crippen LogP contribution in [-0.4, -0.2) is 29.3 Å². The van der Waals surface area contributed by atoms with Crippen molar-refractivity contribution in [2.24, 2.45) is 0 Å². The van der Waals surface area contributed by atoms with Gasteiger partial charge in [-0.25, -0.2) is 9.97 Å². The van der Waals surface area contributed by atoms with Gasteiger partial charge in [-0.3, -0.25) is 9.13 Å². The summed E-state index contributed by atoms with van der Waals surface area (Å²) in [5, 5.41) is 13.8. The zero-order valence-corrected chi connectivity index (χ0v) is 36.0. The van der Waals surface area contributed by atoms with Crippen LogP contribution in [0.3, 0.4) is 0 Å². The minimum atomic E-state index is 0.426. The molecule has 314 valence electrons. The Labute approximate surface area is 385 Å². The van der Waals surface area contributed by atoms with Crippen molar-refractivity contribution < 1.29 is 4.42 Å². The van der Waals surface area contributed by atoms with Gasteiger partial charge in [0.1, 0.15) is 11.6 Å². The van der Waals surface area contributed by atoms with Crippen molar-refractivity contribution in [1.29, 1.82) is 0 Å². The van der Waals surface area contributed by atoms with Gasteiger partial charge in [-0.2, -0.15) is 0 Å². The summed E-state index contributed by atoms with van der Waals surface area (Å²) in [4.78, 5) is 10.7. The maximum absolute atomic E-state index is 6.63. The molecule has 0 saturated heterocycles. The van der Waals surface area contributed by atoms with Crippen LogP contribution in [0, 0.1) is 0 Å². The number of fused-ring (bicyclic) bond motifs is 6. The quantitative estimate of drug-likeness (QED) is 0.152. The van der Waals surface area contributed by atoms with Crippen LogP contribution >= 0.6 is 0 Å². The zero-order valence-electron chi connectivity index (χ0n) is 36.0. The lowest BCUT2D eigenvalue weighted by Gasteiger charge is -2.13. The molecule has 0 aliphatic heterocycles. The average molecular weight is 859 g/mol. The summed E-state index contributed by atoms with van der Waals surface area (Å²) in [6.45, 7) is 0. The average Bonchev–Trinajstić information content (AvgIpc) is 4.12. The molecular formula is C60H38N6O. The van der Waals surface area contributed by atoms with E-state index < -0.39 is 0 Å². The number of hydrogen-bond donors (Lipinski definition) is 0. The van der Waals surface area contributed by atoms with E-state index in [9.17, 15) is 0 Å². The largest absolute Gasteiger partial charge is 0.416 e. The molecule has 0 atom stereocenters. The predicted octanol–water partition coefficient (Wildman–Crippen LogP) is 15.1. The Morgan fingerprint density at radius 3 is 1.04 bits per heavy atom. The van der Waals surface area contributed by atoms with E-state index in [1.54, 1.807) is 0 Å². The van der Waals surface area contributed by atoms with Crippen LogP contribution in [0.25, 0.3) is 123 Å². The van der Waals surface area contributed by atoms with Gasteiger partial charge < -0.3 is 4.42 Å². The van der Waals surface area contributed by atoms with E-state index >= 15 is 0 Å². The highest BCUT2D eigenvalue weighted by atomic mass is 16.4. The molecule has 0 N–H and O–H groups in total. The highest BCUT2D eigenvalue weighted by molar-refractivity contribution is 6.11. The molecule has 67 heavy (non-hydrogen) atoms. The van der Waals surface area contributed by atoms with Crippen LogP contribution in [-0.2, 0) is 0 Å². The molecule has 5 heterocycles. The lowest BCUT2D eigenvalue weighted by atomic mass is 10.0. The lowest BCUT2D eigenvalue weighted by Crippen LogP contribution is -2.00. The summed E-state index contributed by atoms with van der Waals surface area (Å²) in [6, 6.07) is 80.1. The Morgan fingerprint density at radius 1 is 0.269 bits per heavy atom. The second kappa shape index (κ2) is 15.8. The predicted molar refractivity (Wildman–Crippen MR) is 271 cm³/mol. The number of rotatable bonds is 8. The smallest absolute Gasteiger partial charge is 0.248 e. The maximum atomic E-state index is 6.63. The number of hydrogen-bond acceptors (Lipinski definition) is 5. The van der Waals surface area contributed by atoms with Gasteiger partial charge in [-0.05, 0) is 82.9 Å². The van der Waals surface area contributed by atoms with E-state index in [-0.39, 0.29) is 0 Å². The third-order valence-electron chi connectivity index (χ3n) is 12.7. The molecular weight excluding hydrogens is 821 g/mol. The van der Waals surface area contributed by atoms with Gasteiger partial charge in [0.15, 0.2) is 0 Å². The van der Waals surface area contributed by atoms with Crippen molar-refractivity contribution in [2.45, 2.75) is 0 Å². The molecule has 8 aromatic carbocycles. The fourth-order valence-corrected chi connectivity index (χ4v) is 9.53. The summed E-state index contributed by atoms with van der Waals surface area (Å²) in [5.74, 6) is 2.49. The Hall–Kier alpha value is -9.20. The second-order valence-corrected chi connectivity index (χ2v) is 16.7. The Balaban J connectivity index is 0.946. The molecule has 0 unspecified atom stereocenters. The summed E-state index contributed by atoms with van der Waals surface area (Å²) >= 11 is 0. The fourth-order valence-electron chi connectivity index (χ4n) is 9.53. The topological polar surface area (TPSA) is 74.6 Å². The molecule has 7 heteroatoms. The van der Waals surface area contributed by atoms with Crippen LogP contribution in [0.2, 0.25) is 0 Å². The molecule has 13 aromatic rings. The van der Waals surface area contributed by atoms with Crippen LogP contribution < -0.4 is 0 Å². The first-order valence-electron chi connectivity index (χ1n) is 22.4. The Morgan fingerprint density at radius 2 is 0.627 bits per heavy atom. The Kier molecular flexibility index (Phi) is 9.03. The van der Waals surface area contributed by atoms with Crippen molar-refractivity contribution in [3.8, 4) is 79.3 Å². The second-order valence-electron chi connectivity index (χ2n) is 16.7. The number of aromatic nitrogens is 6. The highest BCUT2D eigenvalue weighted by Gasteiger charge is 2.21. The van der Waals surface area contributed by atoms with Crippen LogP contribution in [0.4, 0.5) is 0 Å². The van der Waals surface area contributed by atoms with Crippen LogP contribution in [0.5, 0.6) is 0 Å². The summed E-state index contributed by atoms with van der Waals surface area (Å²) in [7, 11) is 0. The first-order chi connectivity index (χ1) is 33.2. The van der Waals surface area contributed by atoms with Crippen LogP contribution in [0.1, 0.15) is 0 Å². The molecule has 0 aliphatic rings. The molecule has 5 aromatic heterocycles. The van der Waals surface area contributed by atoms with E-state index in [1.807, 2.05) is 24.3 Å². The van der Waals surface area contributed by atoms with E-state index in [0.717, 1.165) is 111 Å². The van der Waals surface area contributed by atoms with Gasteiger partial charge in [0, 0.05) is 43.8 Å². The minimum absolute atomic E-state index is 0.426. The molecule has 0 radical (unpaired) electrons. The zero-order chi connectivity index (χ0) is 44.3. The standard InChI is InChI=1S/C60H38N6O/c1-5-17-39(18-6-1)45-33-51(41-21-9-3-10-22-41)61-57(37-45)65-53-27-15-13-25-47(53)49-31-29-43(35-55(49)65)59-63-64-60(67-59)44-30-32-50-48-26-14-16-28-54(48)66(56(50)36-44)58-38-46(40-19-7-2-8-20-40)34-52(62-58)42-23-11-4-12-24-42/h1-38H. The normalized spacial score (nSPS) is 11.6. The fraction of sp³-hybridized carbons (Fsp3) is 0. The molecule has 0 saturated carbocycles. The van der Waals surface area contributed by atoms with E-state index in [1.165, 1.54) is 0 Å². The lowest BCUT2D eigenvalue weighted by molar-refractivity contribution is 0.584. The van der Waals surface area contributed by atoms with E-state index in [0.29, 0.717) is 11.8 Å². The third kappa shape index (κ3) is 6.68. The summed E-state index contributed by atoms with van der Waals surface area (Å²) < 4.78 is 11.1. The molecule has 7 nitrogen and oxygen atoms in total. The molecule has 0 aliphatic carbocycles. The van der Waals surface area contributed by atoms with Gasteiger partial charge >= 0.3 is 0 Å². The molecule has 0 spiro atoms. The van der Waals surface area contributed by atoms with Gasteiger partial charge in [-0.1, -0.05) is 170 Å². The number of para-hydroxylation sites is 2. The monoisotopic (exact) mass is 858 g/mol. The van der Waals surface area contributed by atoms with Crippen molar-refractivity contribution in [3.05, 3.63) is 231 Å². The van der Waals surface area contributed by atoms with Gasteiger partial charge in [-0.15, -0.1) is 10.2 Å². The van der Waals surface area contributed by atoms with Crippen molar-refractivity contribution in [2.75, 3.05) is 0 Å². The third-order valence-corrected chi connectivity index (χ3v) is 12.7. The van der Waals surface area contributed by atoms with Crippen molar-refractivity contribution >= 4 is 43.6 Å². The number of pyridine rings is 2. The molecule has 0 amide bonds. The first kappa shape index (κ1) is 38.3. The van der Waals surface area contributed by atoms with E-state index in [2.05, 4.69) is 226 Å². The minimum Gasteiger partial charge on any atom is -0.416 e. The summed E-state index contributed by atoms with van der Waals surface area (Å²) in [5.41, 5.74) is 14.0. The van der Waals surface area contributed by atoms with Gasteiger partial charge in [0.05, 0.1) is 33.5 Å². The summed E-state index contributed by atoms with van der Waals surface area (Å²) in [6.07, 6.45) is 0. The number of benzene rings is 8.